The highest BCUT2D eigenvalue weighted by atomic mass is 32.1. The zero-order valence-corrected chi connectivity index (χ0v) is 19.4. The molecule has 2 aromatic carbocycles. The topological polar surface area (TPSA) is 90.0 Å². The Bertz CT molecular complexity index is 1210. The summed E-state index contributed by atoms with van der Waals surface area (Å²) in [5.74, 6) is 2.86. The van der Waals surface area contributed by atoms with Crippen molar-refractivity contribution in [2.75, 3.05) is 45.3 Å². The van der Waals surface area contributed by atoms with Crippen molar-refractivity contribution in [2.45, 2.75) is 0 Å². The molecule has 174 valence electrons. The number of aromatic nitrogens is 1. The third-order valence-corrected chi connectivity index (χ3v) is 5.97. The van der Waals surface area contributed by atoms with Crippen molar-refractivity contribution < 1.29 is 23.8 Å². The number of nitrogens with one attached hydrogen (secondary N) is 1. The van der Waals surface area contributed by atoms with Crippen LogP contribution in [0.5, 0.6) is 11.5 Å². The molecular weight excluding hydrogens is 454 g/mol. The summed E-state index contributed by atoms with van der Waals surface area (Å²) in [5.41, 5.74) is 2.82. The van der Waals surface area contributed by atoms with Gasteiger partial charge in [-0.25, -0.2) is 4.98 Å². The van der Waals surface area contributed by atoms with Crippen molar-refractivity contribution in [3.8, 4) is 35.1 Å². The molecule has 0 saturated carbocycles. The van der Waals surface area contributed by atoms with Crippen LogP contribution in [-0.4, -0.2) is 61.7 Å². The Morgan fingerprint density at radius 1 is 1.18 bits per heavy atom. The Kier molecular flexibility index (Phi) is 7.42. The van der Waals surface area contributed by atoms with Crippen LogP contribution in [0.3, 0.4) is 0 Å². The lowest BCUT2D eigenvalue weighted by atomic mass is 10.1. The summed E-state index contributed by atoms with van der Waals surface area (Å²) in [5, 5.41) is 5.14. The lowest BCUT2D eigenvalue weighted by molar-refractivity contribution is -0.137. The highest BCUT2D eigenvalue weighted by Crippen LogP contribution is 2.29. The summed E-state index contributed by atoms with van der Waals surface area (Å²) in [4.78, 5) is 31.3. The van der Waals surface area contributed by atoms with Crippen LogP contribution < -0.4 is 14.8 Å². The van der Waals surface area contributed by atoms with E-state index in [1.54, 1.807) is 23.1 Å². The minimum absolute atomic E-state index is 0.119. The maximum absolute atomic E-state index is 12.8. The summed E-state index contributed by atoms with van der Waals surface area (Å²) in [6, 6.07) is 12.3. The van der Waals surface area contributed by atoms with Gasteiger partial charge in [0.1, 0.15) is 0 Å². The summed E-state index contributed by atoms with van der Waals surface area (Å²) in [6.07, 6.45) is 5.39. The molecule has 0 bridgehead atoms. The van der Waals surface area contributed by atoms with Gasteiger partial charge in [-0.2, -0.15) is 0 Å². The van der Waals surface area contributed by atoms with Crippen molar-refractivity contribution in [1.29, 1.82) is 0 Å². The van der Waals surface area contributed by atoms with E-state index in [9.17, 15) is 9.59 Å². The summed E-state index contributed by atoms with van der Waals surface area (Å²) >= 11 is 1.32. The van der Waals surface area contributed by atoms with Crippen LogP contribution in [0.2, 0.25) is 0 Å². The number of morpholine rings is 1. The predicted octanol–water partition coefficient (Wildman–Crippen LogP) is 3.29. The van der Waals surface area contributed by atoms with E-state index in [2.05, 4.69) is 16.2 Å². The maximum Gasteiger partial charge on any atom is 0.260 e. The second-order valence-electron chi connectivity index (χ2n) is 7.36. The van der Waals surface area contributed by atoms with Gasteiger partial charge in [0.15, 0.2) is 23.2 Å². The van der Waals surface area contributed by atoms with Gasteiger partial charge >= 0.3 is 0 Å². The van der Waals surface area contributed by atoms with Crippen LogP contribution in [0.4, 0.5) is 5.13 Å². The Morgan fingerprint density at radius 2 is 1.94 bits per heavy atom. The van der Waals surface area contributed by atoms with Crippen LogP contribution in [-0.2, 0) is 9.53 Å². The lowest BCUT2D eigenvalue weighted by Gasteiger charge is -2.26. The number of terminal acetylenes is 1. The second-order valence-corrected chi connectivity index (χ2v) is 8.22. The monoisotopic (exact) mass is 477 g/mol. The largest absolute Gasteiger partial charge is 0.493 e. The number of anilines is 1. The molecule has 1 saturated heterocycles. The molecule has 0 spiro atoms. The number of hydrogen-bond donors (Lipinski definition) is 1. The van der Waals surface area contributed by atoms with Crippen LogP contribution in [0.15, 0.2) is 47.8 Å². The standard InChI is InChI=1S/C25H23N3O5S/c1-3-17-4-6-18(7-5-17)20-16-34-25(26-20)27-24(30)19-8-9-21(22(14-19)31-2)33-15-23(29)28-10-12-32-13-11-28/h1,4-9,14,16H,10-13,15H2,2H3,(H,26,27,30). The first-order valence-electron chi connectivity index (χ1n) is 10.6. The van der Waals surface area contributed by atoms with Crippen molar-refractivity contribution in [3.05, 3.63) is 59.0 Å². The van der Waals surface area contributed by atoms with E-state index >= 15 is 0 Å². The molecular formula is C25H23N3O5S. The van der Waals surface area contributed by atoms with Crippen LogP contribution >= 0.6 is 11.3 Å². The highest BCUT2D eigenvalue weighted by molar-refractivity contribution is 7.14. The van der Waals surface area contributed by atoms with E-state index in [-0.39, 0.29) is 18.4 Å². The number of rotatable bonds is 7. The third kappa shape index (κ3) is 5.54. The molecule has 2 amide bonds. The molecule has 1 aromatic heterocycles. The fourth-order valence-corrected chi connectivity index (χ4v) is 4.06. The quantitative estimate of drug-likeness (QED) is 0.526. The van der Waals surface area contributed by atoms with Gasteiger partial charge in [-0.15, -0.1) is 17.8 Å². The minimum atomic E-state index is -0.335. The van der Waals surface area contributed by atoms with E-state index < -0.39 is 0 Å². The van der Waals surface area contributed by atoms with Crippen LogP contribution in [0, 0.1) is 12.3 Å². The third-order valence-electron chi connectivity index (χ3n) is 5.21. The highest BCUT2D eigenvalue weighted by Gasteiger charge is 2.19. The molecule has 0 aliphatic carbocycles. The molecule has 1 aliphatic heterocycles. The Hall–Kier alpha value is -3.87. The molecule has 1 fully saturated rings. The van der Waals surface area contributed by atoms with E-state index in [0.717, 1.165) is 16.8 Å². The predicted molar refractivity (Wildman–Crippen MR) is 129 cm³/mol. The zero-order chi connectivity index (χ0) is 23.9. The van der Waals surface area contributed by atoms with Gasteiger partial charge in [-0.3, -0.25) is 14.9 Å². The maximum atomic E-state index is 12.8. The number of carbonyl (C=O) groups is 2. The van der Waals surface area contributed by atoms with Crippen molar-refractivity contribution in [3.63, 3.8) is 0 Å². The molecule has 1 N–H and O–H groups in total. The number of nitrogens with zero attached hydrogens (tertiary/aromatic N) is 2. The normalized spacial score (nSPS) is 13.1. The van der Waals surface area contributed by atoms with E-state index in [0.29, 0.717) is 48.5 Å². The fraction of sp³-hybridized carbons (Fsp3) is 0.240. The number of benzene rings is 2. The molecule has 34 heavy (non-hydrogen) atoms. The Balaban J connectivity index is 1.39. The molecule has 8 nitrogen and oxygen atoms in total. The van der Waals surface area contributed by atoms with Gasteiger partial charge in [-0.05, 0) is 30.3 Å². The van der Waals surface area contributed by atoms with Gasteiger partial charge in [0, 0.05) is 35.2 Å². The number of ether oxygens (including phenoxy) is 3. The Morgan fingerprint density at radius 3 is 2.65 bits per heavy atom. The summed E-state index contributed by atoms with van der Waals surface area (Å²) in [6.45, 7) is 2.03. The molecule has 4 rings (SSSR count). The number of carbonyl (C=O) groups excluding carboxylic acids is 2. The summed E-state index contributed by atoms with van der Waals surface area (Å²) < 4.78 is 16.3. The number of thiazole rings is 1. The Labute approximate surface area is 201 Å². The number of amides is 2. The van der Waals surface area contributed by atoms with Gasteiger partial charge < -0.3 is 19.1 Å². The molecule has 0 radical (unpaired) electrons. The van der Waals surface area contributed by atoms with Gasteiger partial charge in [0.05, 0.1) is 26.0 Å². The average molecular weight is 478 g/mol. The van der Waals surface area contributed by atoms with Crippen molar-refractivity contribution in [1.82, 2.24) is 9.88 Å². The minimum Gasteiger partial charge on any atom is -0.493 e. The first-order chi connectivity index (χ1) is 16.6. The molecule has 3 aromatic rings. The fourth-order valence-electron chi connectivity index (χ4n) is 3.34. The van der Waals surface area contributed by atoms with Gasteiger partial charge in [0.2, 0.25) is 0 Å². The molecule has 1 aliphatic rings. The second kappa shape index (κ2) is 10.8. The molecule has 9 heteroatoms. The summed E-state index contributed by atoms with van der Waals surface area (Å²) in [7, 11) is 1.48. The molecule has 0 unspecified atom stereocenters. The SMILES string of the molecule is C#Cc1ccc(-c2csc(NC(=O)c3ccc(OCC(=O)N4CCOCC4)c(OC)c3)n2)cc1. The number of methoxy groups -OCH3 is 1. The molecule has 2 heterocycles. The average Bonchev–Trinajstić information content (AvgIpc) is 3.36. The number of hydrogen-bond acceptors (Lipinski definition) is 7. The smallest absolute Gasteiger partial charge is 0.260 e. The van der Waals surface area contributed by atoms with E-state index in [1.165, 1.54) is 18.4 Å². The van der Waals surface area contributed by atoms with Crippen LogP contribution in [0.1, 0.15) is 15.9 Å². The molecule has 0 atom stereocenters. The van der Waals surface area contributed by atoms with E-state index in [4.69, 9.17) is 20.6 Å². The van der Waals surface area contributed by atoms with Crippen molar-refractivity contribution >= 4 is 28.3 Å². The van der Waals surface area contributed by atoms with Gasteiger partial charge in [0.25, 0.3) is 11.8 Å². The van der Waals surface area contributed by atoms with Crippen molar-refractivity contribution in [2.24, 2.45) is 0 Å². The lowest BCUT2D eigenvalue weighted by Crippen LogP contribution is -2.43. The first kappa shape index (κ1) is 23.3. The van der Waals surface area contributed by atoms with Crippen LogP contribution in [0.25, 0.3) is 11.3 Å². The van der Waals surface area contributed by atoms with Gasteiger partial charge in [-0.1, -0.05) is 18.1 Å². The first-order valence-corrected chi connectivity index (χ1v) is 11.5. The van der Waals surface area contributed by atoms with E-state index in [1.807, 2.05) is 29.6 Å². The zero-order valence-electron chi connectivity index (χ0n) is 18.6.